The first-order chi connectivity index (χ1) is 17.0. The number of aromatic nitrogens is 1. The fraction of sp³-hybridized carbons (Fsp3) is 0.250. The van der Waals surface area contributed by atoms with Crippen LogP contribution in [0.5, 0.6) is 0 Å². The van der Waals surface area contributed by atoms with Gasteiger partial charge in [-0.25, -0.2) is 0 Å². The standard InChI is InChI=1S/C28H28ClN3O3/c29-22-9-7-21(8-10-22)26(20-4-2-1-3-5-20)31-12-14-32(15-13-31)27(28(34)35)24-17-30-25-16-19(18-33)6-11-23(24)25/h1-11,16-17,26-27,30,33H,12-15,18H2,(H,34,35). The Morgan fingerprint density at radius 1 is 0.914 bits per heavy atom. The Morgan fingerprint density at radius 3 is 2.23 bits per heavy atom. The Bertz CT molecular complexity index is 1300. The molecule has 0 amide bonds. The highest BCUT2D eigenvalue weighted by molar-refractivity contribution is 6.30. The van der Waals surface area contributed by atoms with Crippen molar-refractivity contribution in [1.82, 2.24) is 14.8 Å². The molecule has 1 aliphatic rings. The van der Waals surface area contributed by atoms with E-state index in [1.165, 1.54) is 11.1 Å². The molecule has 2 heterocycles. The lowest BCUT2D eigenvalue weighted by molar-refractivity contribution is -0.144. The van der Waals surface area contributed by atoms with E-state index >= 15 is 0 Å². The van der Waals surface area contributed by atoms with E-state index in [0.717, 1.165) is 35.1 Å². The first-order valence-corrected chi connectivity index (χ1v) is 12.1. The molecular weight excluding hydrogens is 462 g/mol. The Balaban J connectivity index is 1.39. The second-order valence-corrected chi connectivity index (χ2v) is 9.40. The molecule has 3 aromatic carbocycles. The summed E-state index contributed by atoms with van der Waals surface area (Å²) in [5.74, 6) is -0.858. The van der Waals surface area contributed by atoms with Crippen molar-refractivity contribution >= 4 is 28.5 Å². The first kappa shape index (κ1) is 23.6. The van der Waals surface area contributed by atoms with Crippen LogP contribution in [0.2, 0.25) is 5.02 Å². The number of benzene rings is 3. The molecule has 1 saturated heterocycles. The number of nitrogens with one attached hydrogen (secondary N) is 1. The van der Waals surface area contributed by atoms with E-state index in [1.807, 2.05) is 53.4 Å². The minimum Gasteiger partial charge on any atom is -0.480 e. The number of piperazine rings is 1. The topological polar surface area (TPSA) is 79.8 Å². The van der Waals surface area contributed by atoms with Crippen LogP contribution < -0.4 is 0 Å². The van der Waals surface area contributed by atoms with Gasteiger partial charge in [-0.15, -0.1) is 0 Å². The summed E-state index contributed by atoms with van der Waals surface area (Å²) in [7, 11) is 0. The van der Waals surface area contributed by atoms with Crippen LogP contribution in [-0.4, -0.2) is 57.1 Å². The number of aliphatic carboxylic acids is 1. The fourth-order valence-electron chi connectivity index (χ4n) is 5.15. The van der Waals surface area contributed by atoms with Crippen molar-refractivity contribution in [2.45, 2.75) is 18.7 Å². The number of aromatic amines is 1. The van der Waals surface area contributed by atoms with Crippen molar-refractivity contribution in [3.63, 3.8) is 0 Å². The number of aliphatic hydroxyl groups is 1. The number of carboxylic acid groups (broad SMARTS) is 1. The molecule has 0 aliphatic carbocycles. The molecule has 0 spiro atoms. The van der Waals surface area contributed by atoms with Gasteiger partial charge in [0.25, 0.3) is 0 Å². The van der Waals surface area contributed by atoms with E-state index in [9.17, 15) is 15.0 Å². The first-order valence-electron chi connectivity index (χ1n) is 11.8. The van der Waals surface area contributed by atoms with E-state index < -0.39 is 12.0 Å². The van der Waals surface area contributed by atoms with Crippen LogP contribution in [-0.2, 0) is 11.4 Å². The van der Waals surface area contributed by atoms with Gasteiger partial charge in [0.15, 0.2) is 0 Å². The molecule has 0 radical (unpaired) electrons. The molecule has 0 bridgehead atoms. The number of aliphatic hydroxyl groups excluding tert-OH is 1. The Hall–Kier alpha value is -3.16. The van der Waals surface area contributed by atoms with Crippen molar-refractivity contribution in [2.24, 2.45) is 0 Å². The summed E-state index contributed by atoms with van der Waals surface area (Å²) in [4.78, 5) is 20.1. The molecule has 2 atom stereocenters. The lowest BCUT2D eigenvalue weighted by Crippen LogP contribution is -2.50. The van der Waals surface area contributed by atoms with Crippen molar-refractivity contribution < 1.29 is 15.0 Å². The van der Waals surface area contributed by atoms with E-state index in [4.69, 9.17) is 11.6 Å². The van der Waals surface area contributed by atoms with E-state index in [-0.39, 0.29) is 12.6 Å². The molecule has 0 saturated carbocycles. The number of halogens is 1. The maximum absolute atomic E-state index is 12.4. The van der Waals surface area contributed by atoms with E-state index in [0.29, 0.717) is 18.1 Å². The fourth-order valence-corrected chi connectivity index (χ4v) is 5.28. The zero-order chi connectivity index (χ0) is 24.4. The molecule has 1 aromatic heterocycles. The predicted octanol–water partition coefficient (Wildman–Crippen LogP) is 4.85. The molecule has 7 heteroatoms. The molecule has 1 aliphatic heterocycles. The highest BCUT2D eigenvalue weighted by Gasteiger charge is 2.34. The summed E-state index contributed by atoms with van der Waals surface area (Å²) in [5, 5.41) is 21.2. The van der Waals surface area contributed by atoms with Crippen molar-refractivity contribution in [1.29, 1.82) is 0 Å². The number of carbonyl (C=O) groups is 1. The van der Waals surface area contributed by atoms with Crippen LogP contribution >= 0.6 is 11.6 Å². The van der Waals surface area contributed by atoms with Crippen LogP contribution in [0.15, 0.2) is 79.0 Å². The molecule has 4 aromatic rings. The average Bonchev–Trinajstić information content (AvgIpc) is 3.29. The van der Waals surface area contributed by atoms with Gasteiger partial charge < -0.3 is 15.2 Å². The van der Waals surface area contributed by atoms with Gasteiger partial charge in [-0.05, 0) is 34.9 Å². The second kappa shape index (κ2) is 10.2. The van der Waals surface area contributed by atoms with E-state index in [1.54, 1.807) is 6.20 Å². The van der Waals surface area contributed by atoms with Crippen molar-refractivity contribution in [2.75, 3.05) is 26.2 Å². The number of fused-ring (bicyclic) bond motifs is 1. The quantitative estimate of drug-likeness (QED) is 0.346. The van der Waals surface area contributed by atoms with Crippen LogP contribution in [0.4, 0.5) is 0 Å². The van der Waals surface area contributed by atoms with Crippen LogP contribution in [0.25, 0.3) is 10.9 Å². The Kier molecular flexibility index (Phi) is 6.88. The van der Waals surface area contributed by atoms with Crippen molar-refractivity contribution in [3.8, 4) is 0 Å². The third-order valence-electron chi connectivity index (χ3n) is 6.87. The lowest BCUT2D eigenvalue weighted by Gasteiger charge is -2.41. The summed E-state index contributed by atoms with van der Waals surface area (Å²) >= 11 is 6.15. The summed E-state index contributed by atoms with van der Waals surface area (Å²) in [6, 6.07) is 23.3. The smallest absolute Gasteiger partial charge is 0.325 e. The molecule has 6 nitrogen and oxygen atoms in total. The Labute approximate surface area is 209 Å². The van der Waals surface area contributed by atoms with Gasteiger partial charge >= 0.3 is 5.97 Å². The highest BCUT2D eigenvalue weighted by atomic mass is 35.5. The summed E-state index contributed by atoms with van der Waals surface area (Å²) in [6.07, 6.45) is 1.79. The van der Waals surface area contributed by atoms with Gasteiger partial charge in [0.05, 0.1) is 12.6 Å². The molecular formula is C28H28ClN3O3. The van der Waals surface area contributed by atoms with Gasteiger partial charge in [0.1, 0.15) is 6.04 Å². The minimum atomic E-state index is -0.858. The normalized spacial score (nSPS) is 16.9. The largest absolute Gasteiger partial charge is 0.480 e. The number of hydrogen-bond donors (Lipinski definition) is 3. The molecule has 1 fully saturated rings. The third-order valence-corrected chi connectivity index (χ3v) is 7.12. The van der Waals surface area contributed by atoms with E-state index in [2.05, 4.69) is 34.1 Å². The minimum absolute atomic E-state index is 0.0508. The SMILES string of the molecule is O=C(O)C(c1c[nH]c2cc(CO)ccc12)N1CCN(C(c2ccccc2)c2ccc(Cl)cc2)CC1. The van der Waals surface area contributed by atoms with Crippen molar-refractivity contribution in [3.05, 3.63) is 106 Å². The van der Waals surface area contributed by atoms with Crippen LogP contribution in [0.3, 0.4) is 0 Å². The number of carboxylic acids is 1. The zero-order valence-electron chi connectivity index (χ0n) is 19.3. The van der Waals surface area contributed by atoms with Gasteiger partial charge in [-0.2, -0.15) is 0 Å². The summed E-state index contributed by atoms with van der Waals surface area (Å²) in [5.41, 5.74) is 4.75. The molecule has 3 N–H and O–H groups in total. The molecule has 35 heavy (non-hydrogen) atoms. The molecule has 180 valence electrons. The number of rotatable bonds is 7. The monoisotopic (exact) mass is 489 g/mol. The van der Waals surface area contributed by atoms with Gasteiger partial charge in [0.2, 0.25) is 0 Å². The molecule has 2 unspecified atom stereocenters. The van der Waals surface area contributed by atoms with Gasteiger partial charge in [-0.1, -0.05) is 66.2 Å². The highest BCUT2D eigenvalue weighted by Crippen LogP contribution is 2.34. The predicted molar refractivity (Wildman–Crippen MR) is 137 cm³/mol. The van der Waals surface area contributed by atoms with Crippen LogP contribution in [0, 0.1) is 0 Å². The summed E-state index contributed by atoms with van der Waals surface area (Å²) in [6.45, 7) is 2.70. The molecule has 5 rings (SSSR count). The zero-order valence-corrected chi connectivity index (χ0v) is 20.0. The number of hydrogen-bond acceptors (Lipinski definition) is 4. The second-order valence-electron chi connectivity index (χ2n) is 8.96. The van der Waals surface area contributed by atoms with Crippen LogP contribution in [0.1, 0.15) is 34.3 Å². The number of nitrogens with zero attached hydrogens (tertiary/aromatic N) is 2. The lowest BCUT2D eigenvalue weighted by atomic mass is 9.96. The maximum Gasteiger partial charge on any atom is 0.325 e. The van der Waals surface area contributed by atoms with Gasteiger partial charge in [-0.3, -0.25) is 14.6 Å². The average molecular weight is 490 g/mol. The third kappa shape index (κ3) is 4.83. The van der Waals surface area contributed by atoms with Gasteiger partial charge in [0, 0.05) is 53.9 Å². The number of H-pyrrole nitrogens is 1. The maximum atomic E-state index is 12.4. The Morgan fingerprint density at radius 2 is 1.57 bits per heavy atom. The summed E-state index contributed by atoms with van der Waals surface area (Å²) < 4.78 is 0.